The minimum absolute atomic E-state index is 0.536. The summed E-state index contributed by atoms with van der Waals surface area (Å²) in [5.74, 6) is 1.65. The Balaban J connectivity index is 2.28. The van der Waals surface area contributed by atoms with Crippen molar-refractivity contribution < 1.29 is 4.89 Å². The number of nitrogens with one attached hydrogen (secondary N) is 1. The van der Waals surface area contributed by atoms with Crippen molar-refractivity contribution in [1.29, 1.82) is 0 Å². The van der Waals surface area contributed by atoms with Gasteiger partial charge in [-0.15, -0.1) is 0 Å². The van der Waals surface area contributed by atoms with Gasteiger partial charge in [0, 0.05) is 15.0 Å². The van der Waals surface area contributed by atoms with E-state index in [2.05, 4.69) is 18.9 Å². The molecule has 1 aliphatic carbocycles. The van der Waals surface area contributed by atoms with E-state index in [9.17, 15) is 4.89 Å². The molecule has 2 unspecified atom stereocenters. The molecule has 1 aliphatic rings. The van der Waals surface area contributed by atoms with E-state index in [0.717, 1.165) is 11.8 Å². The van der Waals surface area contributed by atoms with Crippen LogP contribution >= 0.6 is 8.96 Å². The summed E-state index contributed by atoms with van der Waals surface area (Å²) in [6, 6.07) is 0.536. The zero-order valence-corrected chi connectivity index (χ0v) is 8.49. The Bertz CT molecular complexity index is 121. The van der Waals surface area contributed by atoms with Crippen molar-refractivity contribution in [2.75, 3.05) is 0 Å². The molecule has 0 bridgehead atoms. The highest BCUT2D eigenvalue weighted by atomic mass is 31.1. The quantitative estimate of drug-likeness (QED) is 0.635. The molecule has 3 heteroatoms. The molecule has 1 saturated carbocycles. The largest absolute Gasteiger partial charge is 0.669 e. The second kappa shape index (κ2) is 4.39. The average Bonchev–Trinajstić information content (AvgIpc) is 1.98. The fourth-order valence-corrected chi connectivity index (χ4v) is 2.29. The van der Waals surface area contributed by atoms with Gasteiger partial charge in [-0.25, -0.2) is 0 Å². The van der Waals surface area contributed by atoms with Crippen LogP contribution in [0, 0.1) is 11.8 Å². The van der Waals surface area contributed by atoms with Crippen molar-refractivity contribution in [2.45, 2.75) is 39.2 Å². The lowest BCUT2D eigenvalue weighted by Crippen LogP contribution is -2.32. The predicted molar refractivity (Wildman–Crippen MR) is 48.8 cm³/mol. The molecule has 0 aromatic heterocycles. The van der Waals surface area contributed by atoms with Gasteiger partial charge in [0.05, 0.1) is 0 Å². The summed E-state index contributed by atoms with van der Waals surface area (Å²) in [6.45, 7) is 4.60. The zero-order valence-electron chi connectivity index (χ0n) is 7.34. The van der Waals surface area contributed by atoms with Gasteiger partial charge in [-0.2, -0.15) is 5.09 Å². The Morgan fingerprint density at radius 3 is 2.55 bits per heavy atom. The molecule has 66 valence electrons. The van der Waals surface area contributed by atoms with Crippen LogP contribution in [0.25, 0.3) is 0 Å². The SMILES string of the molecule is C[C@@H]1CCC(N[PH2+][O-])C[C@@H]1C. The van der Waals surface area contributed by atoms with Gasteiger partial charge in [-0.1, -0.05) is 13.8 Å². The van der Waals surface area contributed by atoms with Gasteiger partial charge in [-0.3, -0.25) is 0 Å². The lowest BCUT2D eigenvalue weighted by atomic mass is 9.79. The number of hydrogen-bond donors (Lipinski definition) is 1. The topological polar surface area (TPSA) is 35.1 Å². The third-order valence-corrected chi connectivity index (χ3v) is 3.51. The van der Waals surface area contributed by atoms with Crippen LogP contribution in [0.2, 0.25) is 0 Å². The Morgan fingerprint density at radius 1 is 1.27 bits per heavy atom. The Labute approximate surface area is 70.7 Å². The van der Waals surface area contributed by atoms with E-state index in [1.165, 1.54) is 19.3 Å². The van der Waals surface area contributed by atoms with E-state index in [0.29, 0.717) is 6.04 Å². The monoisotopic (exact) mass is 175 g/mol. The molecule has 0 amide bonds. The maximum Gasteiger partial charge on any atom is 0.0409 e. The van der Waals surface area contributed by atoms with E-state index in [-0.39, 0.29) is 0 Å². The van der Waals surface area contributed by atoms with Crippen LogP contribution in [-0.4, -0.2) is 6.04 Å². The zero-order chi connectivity index (χ0) is 8.27. The Kier molecular flexibility index (Phi) is 3.77. The van der Waals surface area contributed by atoms with Crippen LogP contribution in [-0.2, 0) is 0 Å². The normalized spacial score (nSPS) is 40.1. The molecule has 0 aromatic rings. The van der Waals surface area contributed by atoms with Crippen LogP contribution in [0.4, 0.5) is 0 Å². The van der Waals surface area contributed by atoms with Gasteiger partial charge in [0.25, 0.3) is 0 Å². The number of rotatable bonds is 2. The maximum absolute atomic E-state index is 10.4. The van der Waals surface area contributed by atoms with E-state index in [4.69, 9.17) is 0 Å². The van der Waals surface area contributed by atoms with E-state index in [1.807, 2.05) is 0 Å². The van der Waals surface area contributed by atoms with Crippen LogP contribution in [0.5, 0.6) is 0 Å². The average molecular weight is 175 g/mol. The molecule has 2 nitrogen and oxygen atoms in total. The second-order valence-electron chi connectivity index (χ2n) is 3.75. The van der Waals surface area contributed by atoms with Crippen molar-refractivity contribution in [3.8, 4) is 0 Å². The first-order chi connectivity index (χ1) is 5.24. The fourth-order valence-electron chi connectivity index (χ4n) is 1.80. The Morgan fingerprint density at radius 2 is 2.00 bits per heavy atom. The molecule has 4 atom stereocenters. The lowest BCUT2D eigenvalue weighted by Gasteiger charge is -2.31. The molecule has 1 fully saturated rings. The van der Waals surface area contributed by atoms with E-state index >= 15 is 0 Å². The smallest absolute Gasteiger partial charge is 0.0409 e. The van der Waals surface area contributed by atoms with Crippen molar-refractivity contribution in [3.63, 3.8) is 0 Å². The third-order valence-electron chi connectivity index (χ3n) is 2.90. The van der Waals surface area contributed by atoms with Crippen LogP contribution in [0.15, 0.2) is 0 Å². The fraction of sp³-hybridized carbons (Fsp3) is 1.00. The third kappa shape index (κ3) is 2.70. The van der Waals surface area contributed by atoms with Crippen molar-refractivity contribution in [2.24, 2.45) is 11.8 Å². The molecule has 11 heavy (non-hydrogen) atoms. The first kappa shape index (κ1) is 9.44. The number of hydrogen-bond acceptors (Lipinski definition) is 2. The summed E-state index contributed by atoms with van der Waals surface area (Å²) in [7, 11) is -0.750. The molecule has 0 heterocycles. The molecule has 1 rings (SSSR count). The minimum Gasteiger partial charge on any atom is -0.669 e. The van der Waals surface area contributed by atoms with Crippen molar-refractivity contribution in [1.82, 2.24) is 5.09 Å². The van der Waals surface area contributed by atoms with Gasteiger partial charge < -0.3 is 4.89 Å². The summed E-state index contributed by atoms with van der Waals surface area (Å²) in [6.07, 6.45) is 3.70. The van der Waals surface area contributed by atoms with Crippen LogP contribution in [0.1, 0.15) is 33.1 Å². The summed E-state index contributed by atoms with van der Waals surface area (Å²) in [4.78, 5) is 10.4. The van der Waals surface area contributed by atoms with Gasteiger partial charge in [0.15, 0.2) is 0 Å². The van der Waals surface area contributed by atoms with E-state index in [1.54, 1.807) is 0 Å². The lowest BCUT2D eigenvalue weighted by molar-refractivity contribution is -0.153. The second-order valence-corrected chi connectivity index (χ2v) is 4.32. The predicted octanol–water partition coefficient (Wildman–Crippen LogP) is 1.00. The molecular weight excluding hydrogens is 157 g/mol. The molecule has 0 spiro atoms. The summed E-state index contributed by atoms with van der Waals surface area (Å²) in [5, 5.41) is 3.06. The van der Waals surface area contributed by atoms with Gasteiger partial charge >= 0.3 is 0 Å². The highest BCUT2D eigenvalue weighted by Gasteiger charge is 2.24. The van der Waals surface area contributed by atoms with Gasteiger partial charge in [-0.05, 0) is 31.1 Å². The van der Waals surface area contributed by atoms with Gasteiger partial charge in [0.2, 0.25) is 0 Å². The molecule has 1 N–H and O–H groups in total. The standard InChI is InChI=1S/C8H18NOP/c1-6-3-4-8(9-11-10)5-7(6)2/h6-9H,3-5,11H2,1-2H3/t6-,7+,8?/m1/s1. The van der Waals surface area contributed by atoms with E-state index < -0.39 is 8.96 Å². The minimum atomic E-state index is -0.750. The van der Waals surface area contributed by atoms with Crippen LogP contribution < -0.4 is 9.98 Å². The maximum atomic E-state index is 10.4. The summed E-state index contributed by atoms with van der Waals surface area (Å²) in [5.41, 5.74) is 0. The van der Waals surface area contributed by atoms with Gasteiger partial charge in [0.1, 0.15) is 0 Å². The molecule has 0 aliphatic heterocycles. The molecule has 0 saturated heterocycles. The van der Waals surface area contributed by atoms with Crippen molar-refractivity contribution >= 4 is 8.96 Å². The molecule has 0 radical (unpaired) electrons. The first-order valence-corrected chi connectivity index (χ1v) is 5.48. The summed E-state index contributed by atoms with van der Waals surface area (Å²) >= 11 is 0. The molecular formula is C8H18NOP. The Hall–Kier alpha value is 0.350. The highest BCUT2D eigenvalue weighted by molar-refractivity contribution is 7.26. The van der Waals surface area contributed by atoms with Crippen molar-refractivity contribution in [3.05, 3.63) is 0 Å². The highest BCUT2D eigenvalue weighted by Crippen LogP contribution is 2.29. The molecule has 0 aromatic carbocycles. The first-order valence-electron chi connectivity index (χ1n) is 4.43. The summed E-state index contributed by atoms with van der Waals surface area (Å²) < 4.78 is 0. The van der Waals surface area contributed by atoms with Crippen LogP contribution in [0.3, 0.4) is 0 Å².